The third-order valence-electron chi connectivity index (χ3n) is 7.37. The zero-order chi connectivity index (χ0) is 25.1. The van der Waals surface area contributed by atoms with Crippen molar-refractivity contribution in [3.8, 4) is 11.1 Å². The number of nitrogens with zero attached hydrogens (tertiary/aromatic N) is 3. The molecule has 0 atom stereocenters. The number of nitrogens with one attached hydrogen (secondary N) is 2. The Bertz CT molecular complexity index is 1220. The molecule has 0 bridgehead atoms. The fourth-order valence-corrected chi connectivity index (χ4v) is 5.83. The van der Waals surface area contributed by atoms with Gasteiger partial charge in [0.05, 0.1) is 16.9 Å². The molecular formula is C27H32N6O2S. The van der Waals surface area contributed by atoms with Gasteiger partial charge in [0.2, 0.25) is 0 Å². The lowest BCUT2D eigenvalue weighted by atomic mass is 9.78. The van der Waals surface area contributed by atoms with Gasteiger partial charge in [0.15, 0.2) is 0 Å². The van der Waals surface area contributed by atoms with Gasteiger partial charge in [0.25, 0.3) is 5.91 Å². The van der Waals surface area contributed by atoms with Gasteiger partial charge in [0.1, 0.15) is 5.82 Å². The molecular weight excluding hydrogens is 472 g/mol. The largest absolute Gasteiger partial charge is 0.397 e. The van der Waals surface area contributed by atoms with E-state index in [1.807, 2.05) is 53.6 Å². The van der Waals surface area contributed by atoms with Crippen LogP contribution in [0.15, 0.2) is 53.4 Å². The maximum atomic E-state index is 12.9. The zero-order valence-electron chi connectivity index (χ0n) is 20.5. The molecule has 4 heterocycles. The Labute approximate surface area is 215 Å². The Morgan fingerprint density at radius 3 is 2.58 bits per heavy atom. The van der Waals surface area contributed by atoms with Crippen LogP contribution < -0.4 is 21.3 Å². The van der Waals surface area contributed by atoms with E-state index in [0.717, 1.165) is 62.4 Å². The Balaban J connectivity index is 1.19. The van der Waals surface area contributed by atoms with E-state index in [4.69, 9.17) is 5.73 Å². The van der Waals surface area contributed by atoms with Crippen LogP contribution in [-0.2, 0) is 0 Å². The smallest absolute Gasteiger partial charge is 0.317 e. The summed E-state index contributed by atoms with van der Waals surface area (Å²) in [5.74, 6) is 0.635. The van der Waals surface area contributed by atoms with E-state index in [1.54, 1.807) is 17.5 Å². The Morgan fingerprint density at radius 1 is 1.08 bits per heavy atom. The first-order valence-corrected chi connectivity index (χ1v) is 13.4. The van der Waals surface area contributed by atoms with Crippen molar-refractivity contribution in [3.05, 3.63) is 58.9 Å². The van der Waals surface area contributed by atoms with Gasteiger partial charge >= 0.3 is 6.03 Å². The fourth-order valence-electron chi connectivity index (χ4n) is 5.16. The minimum atomic E-state index is -0.239. The Morgan fingerprint density at radius 2 is 1.89 bits per heavy atom. The highest BCUT2D eigenvalue weighted by atomic mass is 32.1. The summed E-state index contributed by atoms with van der Waals surface area (Å²) in [6, 6.07) is 11.5. The van der Waals surface area contributed by atoms with E-state index in [1.165, 1.54) is 0 Å². The summed E-state index contributed by atoms with van der Waals surface area (Å²) in [6.45, 7) is 6.06. The normalized spacial score (nSPS) is 16.8. The quantitative estimate of drug-likeness (QED) is 0.438. The van der Waals surface area contributed by atoms with Gasteiger partial charge in [-0.25, -0.2) is 9.78 Å². The molecule has 1 aromatic carbocycles. The molecule has 4 N–H and O–H groups in total. The number of nitrogen functional groups attached to an aromatic ring is 1. The number of nitrogens with two attached hydrogens (primary N) is 1. The molecule has 9 heteroatoms. The van der Waals surface area contributed by atoms with Crippen molar-refractivity contribution in [1.29, 1.82) is 0 Å². The first-order valence-electron chi connectivity index (χ1n) is 12.4. The van der Waals surface area contributed by atoms with E-state index in [2.05, 4.69) is 25.9 Å². The molecule has 0 radical (unpaired) electrons. The van der Waals surface area contributed by atoms with Crippen LogP contribution in [0.5, 0.6) is 0 Å². The summed E-state index contributed by atoms with van der Waals surface area (Å²) in [5, 5.41) is 9.93. The fraction of sp³-hybridized carbons (Fsp3) is 0.370. The van der Waals surface area contributed by atoms with Gasteiger partial charge in [-0.05, 0) is 83.8 Å². The lowest BCUT2D eigenvalue weighted by Gasteiger charge is -2.39. The third kappa shape index (κ3) is 5.02. The Hall–Kier alpha value is -3.59. The summed E-state index contributed by atoms with van der Waals surface area (Å²) in [6.07, 6.45) is 4.75. The van der Waals surface area contributed by atoms with Crippen LogP contribution in [0, 0.1) is 5.41 Å². The number of piperidine rings is 1. The van der Waals surface area contributed by atoms with Crippen molar-refractivity contribution >= 4 is 40.5 Å². The monoisotopic (exact) mass is 504 g/mol. The number of urea groups is 1. The summed E-state index contributed by atoms with van der Waals surface area (Å²) >= 11 is 1.63. The van der Waals surface area contributed by atoms with Gasteiger partial charge in [-0.3, -0.25) is 4.79 Å². The number of rotatable bonds is 5. The number of benzene rings is 1. The second-order valence-corrected chi connectivity index (χ2v) is 10.4. The number of hydrogen-bond donors (Lipinski definition) is 3. The summed E-state index contributed by atoms with van der Waals surface area (Å²) in [5.41, 5.74) is 10.0. The number of thiophene rings is 1. The number of likely N-dealkylation sites (tertiary alicyclic amines) is 1. The SMILES string of the molecule is CCNC(=O)N1CCC2(CCN(c3ccc(C(=O)Nc4cc(-c5ccsc5)ccc4N)cn3)CC2)C1. The molecule has 188 valence electrons. The molecule has 2 fully saturated rings. The Kier molecular flexibility index (Phi) is 6.82. The van der Waals surface area contributed by atoms with E-state index in [0.29, 0.717) is 23.5 Å². The number of hydrogen-bond acceptors (Lipinski definition) is 6. The van der Waals surface area contributed by atoms with E-state index < -0.39 is 0 Å². The standard InChI is InChI=1S/C27H32N6O2S/c1-2-29-26(35)33-13-10-27(18-33)8-11-32(12-9-27)24-6-4-20(16-30-24)25(34)31-23-15-19(3-5-22(23)28)21-7-14-36-17-21/h3-7,14-17H,2,8-13,18,28H2,1H3,(H,29,35)(H,31,34). The molecule has 36 heavy (non-hydrogen) atoms. The summed E-state index contributed by atoms with van der Waals surface area (Å²) in [7, 11) is 0. The van der Waals surface area contributed by atoms with Gasteiger partial charge in [-0.2, -0.15) is 11.3 Å². The van der Waals surface area contributed by atoms with Crippen LogP contribution in [-0.4, -0.2) is 54.5 Å². The predicted octanol–water partition coefficient (Wildman–Crippen LogP) is 4.67. The van der Waals surface area contributed by atoms with Crippen LogP contribution in [0.4, 0.5) is 22.0 Å². The van der Waals surface area contributed by atoms with Crippen LogP contribution in [0.2, 0.25) is 0 Å². The van der Waals surface area contributed by atoms with Gasteiger partial charge in [-0.15, -0.1) is 0 Å². The van der Waals surface area contributed by atoms with Crippen LogP contribution in [0.25, 0.3) is 11.1 Å². The second kappa shape index (κ2) is 10.2. The number of anilines is 3. The zero-order valence-corrected chi connectivity index (χ0v) is 21.3. The molecule has 0 saturated carbocycles. The number of pyridine rings is 1. The highest BCUT2D eigenvalue weighted by Crippen LogP contribution is 2.41. The van der Waals surface area contributed by atoms with Crippen molar-refractivity contribution in [2.45, 2.75) is 26.2 Å². The molecule has 2 aliphatic rings. The number of carbonyl (C=O) groups excluding carboxylic acids is 2. The van der Waals surface area contributed by atoms with Crippen molar-refractivity contribution in [2.75, 3.05) is 48.7 Å². The van der Waals surface area contributed by atoms with Crippen LogP contribution in [0.1, 0.15) is 36.5 Å². The molecule has 2 aromatic heterocycles. The van der Waals surface area contributed by atoms with Crippen molar-refractivity contribution in [3.63, 3.8) is 0 Å². The third-order valence-corrected chi connectivity index (χ3v) is 8.05. The maximum absolute atomic E-state index is 12.9. The van der Waals surface area contributed by atoms with Gasteiger partial charge in [-0.1, -0.05) is 6.07 Å². The van der Waals surface area contributed by atoms with Crippen LogP contribution >= 0.6 is 11.3 Å². The lowest BCUT2D eigenvalue weighted by molar-refractivity contribution is 0.102. The molecule has 8 nitrogen and oxygen atoms in total. The minimum Gasteiger partial charge on any atom is -0.397 e. The molecule has 2 aliphatic heterocycles. The molecule has 2 saturated heterocycles. The first kappa shape index (κ1) is 24.1. The van der Waals surface area contributed by atoms with E-state index in [-0.39, 0.29) is 17.4 Å². The average Bonchev–Trinajstić information content (AvgIpc) is 3.57. The molecule has 3 amide bonds. The molecule has 0 unspecified atom stereocenters. The number of aromatic nitrogens is 1. The summed E-state index contributed by atoms with van der Waals surface area (Å²) < 4.78 is 0. The molecule has 1 spiro atoms. The molecule has 5 rings (SSSR count). The van der Waals surface area contributed by atoms with Crippen molar-refractivity contribution < 1.29 is 9.59 Å². The molecule has 0 aliphatic carbocycles. The van der Waals surface area contributed by atoms with Gasteiger partial charge < -0.3 is 26.2 Å². The summed E-state index contributed by atoms with van der Waals surface area (Å²) in [4.78, 5) is 33.9. The number of carbonyl (C=O) groups is 2. The highest BCUT2D eigenvalue weighted by Gasteiger charge is 2.42. The number of amides is 3. The predicted molar refractivity (Wildman–Crippen MR) is 146 cm³/mol. The molecule has 3 aromatic rings. The first-order chi connectivity index (χ1) is 17.5. The van der Waals surface area contributed by atoms with Crippen molar-refractivity contribution in [2.24, 2.45) is 5.41 Å². The average molecular weight is 505 g/mol. The maximum Gasteiger partial charge on any atom is 0.317 e. The topological polar surface area (TPSA) is 104 Å². The van der Waals surface area contributed by atoms with Crippen LogP contribution in [0.3, 0.4) is 0 Å². The van der Waals surface area contributed by atoms with Gasteiger partial charge in [0, 0.05) is 38.9 Å². The van der Waals surface area contributed by atoms with E-state index in [9.17, 15) is 9.59 Å². The van der Waals surface area contributed by atoms with E-state index >= 15 is 0 Å². The minimum absolute atomic E-state index is 0.0484. The van der Waals surface area contributed by atoms with Crippen molar-refractivity contribution in [1.82, 2.24) is 15.2 Å². The lowest BCUT2D eigenvalue weighted by Crippen LogP contribution is -2.44. The second-order valence-electron chi connectivity index (χ2n) is 9.67. The highest BCUT2D eigenvalue weighted by molar-refractivity contribution is 7.08.